The van der Waals surface area contributed by atoms with Crippen molar-refractivity contribution in [3.63, 3.8) is 0 Å². The third-order valence-corrected chi connectivity index (χ3v) is 4.20. The monoisotopic (exact) mass is 407 g/mol. The number of rotatable bonds is 7. The van der Waals surface area contributed by atoms with Gasteiger partial charge in [0.05, 0.1) is 6.42 Å². The number of nitrogens with two attached hydrogens (primary N) is 1. The molecule has 0 saturated carbocycles. The number of amides is 1. The predicted octanol–water partition coefficient (Wildman–Crippen LogP) is 3.29. The maximum absolute atomic E-state index is 12.1. The highest BCUT2D eigenvalue weighted by Crippen LogP contribution is 2.16. The second-order valence-corrected chi connectivity index (χ2v) is 6.20. The molecule has 6 heteroatoms. The molecule has 24 heavy (non-hydrogen) atoms. The van der Waals surface area contributed by atoms with E-state index in [4.69, 9.17) is 11.1 Å². The first-order chi connectivity index (χ1) is 11.1. The lowest BCUT2D eigenvalue weighted by Crippen LogP contribution is -2.27. The van der Waals surface area contributed by atoms with E-state index in [1.807, 2.05) is 42.5 Å². The molecule has 0 aliphatic carbocycles. The van der Waals surface area contributed by atoms with Crippen LogP contribution in [-0.4, -0.2) is 17.6 Å². The lowest BCUT2D eigenvalue weighted by molar-refractivity contribution is -0.120. The van der Waals surface area contributed by atoms with Crippen LogP contribution in [0.4, 0.5) is 0 Å². The van der Waals surface area contributed by atoms with Crippen LogP contribution in [0.3, 0.4) is 0 Å². The molecule has 0 saturated heterocycles. The lowest BCUT2D eigenvalue weighted by Gasteiger charge is -2.10. The van der Waals surface area contributed by atoms with Crippen LogP contribution >= 0.6 is 28.7 Å². The average Bonchev–Trinajstić information content (AvgIpc) is 2.55. The quantitative estimate of drug-likeness (QED) is 0.486. The summed E-state index contributed by atoms with van der Waals surface area (Å²) in [4.78, 5) is 12.1. The molecule has 2 aromatic rings. The number of halogens is 1. The van der Waals surface area contributed by atoms with Gasteiger partial charge >= 0.3 is 0 Å². The Balaban J connectivity index is 0.00000288. The van der Waals surface area contributed by atoms with E-state index in [9.17, 15) is 4.79 Å². The van der Waals surface area contributed by atoms with E-state index < -0.39 is 0 Å². The van der Waals surface area contributed by atoms with Crippen molar-refractivity contribution in [2.75, 3.05) is 6.54 Å². The molecule has 4 nitrogen and oxygen atoms in total. The standard InChI is InChI=1S/C18H21N3OS.BrH/c19-18(20)23-13-16-9-5-4-8-15(16)12-17(22)21-11-10-14-6-2-1-3-7-14;/h1-9H,10-13H2,(H3,19,20)(H,21,22);1H. The zero-order chi connectivity index (χ0) is 16.5. The summed E-state index contributed by atoms with van der Waals surface area (Å²) >= 11 is 1.27. The summed E-state index contributed by atoms with van der Waals surface area (Å²) in [5, 5.41) is 10.3. The number of hydrogen-bond acceptors (Lipinski definition) is 3. The van der Waals surface area contributed by atoms with Gasteiger partial charge in [-0.25, -0.2) is 0 Å². The van der Waals surface area contributed by atoms with Crippen LogP contribution in [0.1, 0.15) is 16.7 Å². The summed E-state index contributed by atoms with van der Waals surface area (Å²) in [6, 6.07) is 17.9. The fourth-order valence-electron chi connectivity index (χ4n) is 2.25. The first kappa shape index (κ1) is 20.3. The van der Waals surface area contributed by atoms with Crippen LogP contribution in [0.2, 0.25) is 0 Å². The fraction of sp³-hybridized carbons (Fsp3) is 0.222. The van der Waals surface area contributed by atoms with Gasteiger partial charge in [0.1, 0.15) is 0 Å². The Bertz CT molecular complexity index is 664. The number of thioether (sulfide) groups is 1. The number of carbonyl (C=O) groups is 1. The molecule has 0 radical (unpaired) electrons. The fourth-order valence-corrected chi connectivity index (χ4v) is 2.85. The smallest absolute Gasteiger partial charge is 0.224 e. The Morgan fingerprint density at radius 2 is 1.67 bits per heavy atom. The van der Waals surface area contributed by atoms with E-state index in [1.54, 1.807) is 0 Å². The SMILES string of the molecule is Br.N=C(N)SCc1ccccc1CC(=O)NCCc1ccccc1. The second kappa shape index (κ2) is 10.9. The number of nitrogens with one attached hydrogen (secondary N) is 2. The molecule has 2 rings (SSSR count). The maximum atomic E-state index is 12.1. The topological polar surface area (TPSA) is 79.0 Å². The van der Waals surface area contributed by atoms with Crippen LogP contribution in [-0.2, 0) is 23.4 Å². The molecule has 0 heterocycles. The Morgan fingerprint density at radius 3 is 2.33 bits per heavy atom. The average molecular weight is 408 g/mol. The highest BCUT2D eigenvalue weighted by atomic mass is 79.9. The van der Waals surface area contributed by atoms with Crippen molar-refractivity contribution in [2.24, 2.45) is 5.73 Å². The van der Waals surface area contributed by atoms with Crippen LogP contribution in [0, 0.1) is 5.41 Å². The molecule has 0 aromatic heterocycles. The van der Waals surface area contributed by atoms with Crippen molar-refractivity contribution in [2.45, 2.75) is 18.6 Å². The summed E-state index contributed by atoms with van der Waals surface area (Å²) in [6.07, 6.45) is 1.18. The Kier molecular flexibility index (Phi) is 9.19. The van der Waals surface area contributed by atoms with E-state index in [0.717, 1.165) is 17.5 Å². The van der Waals surface area contributed by atoms with E-state index in [0.29, 0.717) is 18.7 Å². The van der Waals surface area contributed by atoms with Gasteiger partial charge in [-0.1, -0.05) is 66.4 Å². The molecule has 0 fully saturated rings. The van der Waals surface area contributed by atoms with Crippen molar-refractivity contribution in [1.29, 1.82) is 5.41 Å². The molecule has 4 N–H and O–H groups in total. The van der Waals surface area contributed by atoms with E-state index >= 15 is 0 Å². The van der Waals surface area contributed by atoms with E-state index in [1.165, 1.54) is 17.3 Å². The molecular formula is C18H22BrN3OS. The molecule has 2 aromatic carbocycles. The van der Waals surface area contributed by atoms with Crippen molar-refractivity contribution in [1.82, 2.24) is 5.32 Å². The predicted molar refractivity (Wildman–Crippen MR) is 107 cm³/mol. The van der Waals surface area contributed by atoms with Crippen molar-refractivity contribution >= 4 is 39.8 Å². The first-order valence-corrected chi connectivity index (χ1v) is 8.48. The lowest BCUT2D eigenvalue weighted by atomic mass is 10.1. The van der Waals surface area contributed by atoms with Crippen molar-refractivity contribution in [3.8, 4) is 0 Å². The summed E-state index contributed by atoms with van der Waals surface area (Å²) in [7, 11) is 0. The molecule has 0 bridgehead atoms. The molecule has 1 amide bonds. The maximum Gasteiger partial charge on any atom is 0.224 e. The van der Waals surface area contributed by atoms with Crippen LogP contribution in [0.5, 0.6) is 0 Å². The molecule has 0 aliphatic rings. The zero-order valence-electron chi connectivity index (χ0n) is 13.3. The van der Waals surface area contributed by atoms with Gasteiger partial charge in [0.15, 0.2) is 5.17 Å². The highest BCUT2D eigenvalue weighted by Gasteiger charge is 2.08. The van der Waals surface area contributed by atoms with Crippen LogP contribution < -0.4 is 11.1 Å². The summed E-state index contributed by atoms with van der Waals surface area (Å²) in [5.41, 5.74) is 8.63. The summed E-state index contributed by atoms with van der Waals surface area (Å²) in [5.74, 6) is 0.629. The number of hydrogen-bond donors (Lipinski definition) is 3. The van der Waals surface area contributed by atoms with Crippen molar-refractivity contribution < 1.29 is 4.79 Å². The van der Waals surface area contributed by atoms with Gasteiger partial charge in [0, 0.05) is 12.3 Å². The second-order valence-electron chi connectivity index (χ2n) is 5.18. The number of benzene rings is 2. The zero-order valence-corrected chi connectivity index (χ0v) is 15.9. The largest absolute Gasteiger partial charge is 0.379 e. The molecule has 0 atom stereocenters. The molecule has 0 unspecified atom stereocenters. The Morgan fingerprint density at radius 1 is 1.04 bits per heavy atom. The van der Waals surface area contributed by atoms with Gasteiger partial charge in [0.25, 0.3) is 0 Å². The number of amidine groups is 1. The van der Waals surface area contributed by atoms with Gasteiger partial charge < -0.3 is 11.1 Å². The van der Waals surface area contributed by atoms with Gasteiger partial charge in [0.2, 0.25) is 5.91 Å². The molecule has 0 aliphatic heterocycles. The Hall–Kier alpha value is -1.79. The van der Waals surface area contributed by atoms with Crippen molar-refractivity contribution in [3.05, 3.63) is 71.3 Å². The van der Waals surface area contributed by atoms with E-state index in [-0.39, 0.29) is 28.1 Å². The van der Waals surface area contributed by atoms with Gasteiger partial charge in [-0.15, -0.1) is 17.0 Å². The first-order valence-electron chi connectivity index (χ1n) is 7.49. The van der Waals surface area contributed by atoms with Gasteiger partial charge in [-0.05, 0) is 23.1 Å². The number of carbonyl (C=O) groups excluding carboxylic acids is 1. The van der Waals surface area contributed by atoms with Crippen LogP contribution in [0.25, 0.3) is 0 Å². The van der Waals surface area contributed by atoms with Crippen LogP contribution in [0.15, 0.2) is 54.6 Å². The van der Waals surface area contributed by atoms with Gasteiger partial charge in [-0.3, -0.25) is 10.2 Å². The third-order valence-electron chi connectivity index (χ3n) is 3.43. The molecular weight excluding hydrogens is 386 g/mol. The molecule has 128 valence electrons. The minimum atomic E-state index is 0. The summed E-state index contributed by atoms with van der Waals surface area (Å²) < 4.78 is 0. The van der Waals surface area contributed by atoms with Gasteiger partial charge in [-0.2, -0.15) is 0 Å². The molecule has 0 spiro atoms. The van der Waals surface area contributed by atoms with E-state index in [2.05, 4.69) is 17.4 Å². The minimum absolute atomic E-state index is 0. The normalized spacial score (nSPS) is 9.83. The highest BCUT2D eigenvalue weighted by molar-refractivity contribution is 8.93. The third kappa shape index (κ3) is 7.19. The minimum Gasteiger partial charge on any atom is -0.379 e. The Labute approximate surface area is 157 Å². The summed E-state index contributed by atoms with van der Waals surface area (Å²) in [6.45, 7) is 0.632.